The maximum atomic E-state index is 3.56. The fraction of sp³-hybridized carbons (Fsp3) is 0.750. The summed E-state index contributed by atoms with van der Waals surface area (Å²) in [4.78, 5) is 4.34. The van der Waals surface area contributed by atoms with Gasteiger partial charge >= 0.3 is 0 Å². The van der Waals surface area contributed by atoms with Crippen molar-refractivity contribution in [3.63, 3.8) is 0 Å². The van der Waals surface area contributed by atoms with Crippen LogP contribution in [0.2, 0.25) is 0 Å². The molecule has 1 aliphatic carbocycles. The highest BCUT2D eigenvalue weighted by Crippen LogP contribution is 2.46. The van der Waals surface area contributed by atoms with Crippen LogP contribution in [0.1, 0.15) is 43.5 Å². The minimum atomic E-state index is 0.701. The second-order valence-corrected chi connectivity index (χ2v) is 7.08. The zero-order valence-electron chi connectivity index (χ0n) is 12.0. The lowest BCUT2D eigenvalue weighted by Gasteiger charge is -2.35. The van der Waals surface area contributed by atoms with Crippen molar-refractivity contribution < 1.29 is 0 Å². The number of hydrogen-bond acceptors (Lipinski definition) is 3. The van der Waals surface area contributed by atoms with Crippen LogP contribution in [0.5, 0.6) is 0 Å². The fourth-order valence-electron chi connectivity index (χ4n) is 3.43. The minimum Gasteiger partial charge on any atom is -0.316 e. The molecular weight excluding hydrogens is 252 g/mol. The molecule has 106 valence electrons. The molecule has 1 aromatic heterocycles. The lowest BCUT2D eigenvalue weighted by atomic mass is 9.97. The third-order valence-electron chi connectivity index (χ3n) is 4.59. The van der Waals surface area contributed by atoms with Crippen LogP contribution in [0.15, 0.2) is 17.5 Å². The number of piperidine rings is 1. The van der Waals surface area contributed by atoms with E-state index in [1.165, 1.54) is 51.9 Å². The van der Waals surface area contributed by atoms with E-state index in [0.717, 1.165) is 11.8 Å². The Labute approximate surface area is 121 Å². The molecule has 0 radical (unpaired) electrons. The Balaban J connectivity index is 1.67. The maximum Gasteiger partial charge on any atom is 0.0469 e. The topological polar surface area (TPSA) is 15.3 Å². The van der Waals surface area contributed by atoms with E-state index in [4.69, 9.17) is 0 Å². The van der Waals surface area contributed by atoms with Gasteiger partial charge in [0.05, 0.1) is 0 Å². The molecule has 0 bridgehead atoms. The molecular formula is C16H26N2S. The van der Waals surface area contributed by atoms with Gasteiger partial charge in [-0.2, -0.15) is 0 Å². The summed E-state index contributed by atoms with van der Waals surface area (Å²) in [5, 5.41) is 5.80. The summed E-state index contributed by atoms with van der Waals surface area (Å²) in [6.07, 6.45) is 5.63. The first kappa shape index (κ1) is 13.6. The average Bonchev–Trinajstić information content (AvgIpc) is 3.13. The van der Waals surface area contributed by atoms with Crippen molar-refractivity contribution >= 4 is 11.3 Å². The third kappa shape index (κ3) is 3.39. The molecule has 19 heavy (non-hydrogen) atoms. The quantitative estimate of drug-likeness (QED) is 0.856. The van der Waals surface area contributed by atoms with Crippen LogP contribution in [-0.2, 0) is 0 Å². The number of rotatable bonds is 6. The van der Waals surface area contributed by atoms with E-state index in [9.17, 15) is 0 Å². The van der Waals surface area contributed by atoms with Gasteiger partial charge in [0.1, 0.15) is 0 Å². The van der Waals surface area contributed by atoms with Gasteiger partial charge < -0.3 is 5.32 Å². The number of thiophene rings is 1. The summed E-state index contributed by atoms with van der Waals surface area (Å²) < 4.78 is 0. The highest BCUT2D eigenvalue weighted by molar-refractivity contribution is 7.10. The van der Waals surface area contributed by atoms with Gasteiger partial charge in [-0.25, -0.2) is 0 Å². The second kappa shape index (κ2) is 6.38. The van der Waals surface area contributed by atoms with Crippen molar-refractivity contribution in [1.82, 2.24) is 10.2 Å². The van der Waals surface area contributed by atoms with Crippen molar-refractivity contribution in [2.75, 3.05) is 26.2 Å². The van der Waals surface area contributed by atoms with Gasteiger partial charge in [0, 0.05) is 17.5 Å². The van der Waals surface area contributed by atoms with Crippen LogP contribution in [0.4, 0.5) is 0 Å². The summed E-state index contributed by atoms with van der Waals surface area (Å²) >= 11 is 1.95. The van der Waals surface area contributed by atoms with E-state index in [2.05, 4.69) is 34.7 Å². The molecule has 1 aliphatic heterocycles. The minimum absolute atomic E-state index is 0.701. The molecule has 1 saturated carbocycles. The summed E-state index contributed by atoms with van der Waals surface area (Å²) in [7, 11) is 0. The van der Waals surface area contributed by atoms with E-state index < -0.39 is 0 Å². The van der Waals surface area contributed by atoms with Gasteiger partial charge in [-0.15, -0.1) is 11.3 Å². The molecule has 1 N–H and O–H groups in total. The first-order valence-electron chi connectivity index (χ1n) is 7.86. The normalized spacial score (nSPS) is 25.7. The Morgan fingerprint density at radius 1 is 1.42 bits per heavy atom. The predicted octanol–water partition coefficient (Wildman–Crippen LogP) is 3.52. The maximum absolute atomic E-state index is 3.56. The molecule has 2 aliphatic rings. The molecule has 1 aromatic rings. The highest BCUT2D eigenvalue weighted by Gasteiger charge is 2.37. The van der Waals surface area contributed by atoms with E-state index in [0.29, 0.717) is 6.04 Å². The largest absolute Gasteiger partial charge is 0.316 e. The summed E-state index contributed by atoms with van der Waals surface area (Å²) in [6.45, 7) is 7.25. The number of hydrogen-bond donors (Lipinski definition) is 1. The standard InChI is InChI=1S/C16H26N2S/c1-2-18(12-13-5-3-9-17-11-13)16(14-7-8-14)15-6-4-10-19-15/h4,6,10,13-14,16-17H,2-3,5,7-9,11-12H2,1H3. The molecule has 0 amide bonds. The Kier molecular flexibility index (Phi) is 4.57. The Morgan fingerprint density at radius 3 is 2.89 bits per heavy atom. The van der Waals surface area contributed by atoms with E-state index in [1.807, 2.05) is 11.3 Å². The third-order valence-corrected chi connectivity index (χ3v) is 5.54. The van der Waals surface area contributed by atoms with Gasteiger partial charge in [0.25, 0.3) is 0 Å². The zero-order chi connectivity index (χ0) is 13.1. The van der Waals surface area contributed by atoms with Crippen molar-refractivity contribution in [2.45, 2.75) is 38.6 Å². The lowest BCUT2D eigenvalue weighted by molar-refractivity contribution is 0.148. The van der Waals surface area contributed by atoms with Crippen LogP contribution >= 0.6 is 11.3 Å². The molecule has 1 saturated heterocycles. The second-order valence-electron chi connectivity index (χ2n) is 6.10. The average molecular weight is 278 g/mol. The highest BCUT2D eigenvalue weighted by atomic mass is 32.1. The van der Waals surface area contributed by atoms with E-state index >= 15 is 0 Å². The number of nitrogens with zero attached hydrogens (tertiary/aromatic N) is 1. The first-order chi connectivity index (χ1) is 9.38. The van der Waals surface area contributed by atoms with Gasteiger partial charge in [-0.05, 0) is 68.6 Å². The molecule has 2 fully saturated rings. The first-order valence-corrected chi connectivity index (χ1v) is 8.74. The molecule has 2 atom stereocenters. The van der Waals surface area contributed by atoms with Crippen LogP contribution in [0.25, 0.3) is 0 Å². The number of nitrogens with one attached hydrogen (secondary N) is 1. The van der Waals surface area contributed by atoms with E-state index in [1.54, 1.807) is 4.88 Å². The molecule has 2 nitrogen and oxygen atoms in total. The Hall–Kier alpha value is -0.380. The van der Waals surface area contributed by atoms with Gasteiger partial charge in [0.2, 0.25) is 0 Å². The SMILES string of the molecule is CCN(CC1CCCNC1)C(c1cccs1)C1CC1. The monoisotopic (exact) mass is 278 g/mol. The molecule has 3 heteroatoms. The molecule has 3 rings (SSSR count). The molecule has 0 spiro atoms. The predicted molar refractivity (Wildman–Crippen MR) is 82.6 cm³/mol. The lowest BCUT2D eigenvalue weighted by Crippen LogP contribution is -2.40. The van der Waals surface area contributed by atoms with Crippen LogP contribution in [0.3, 0.4) is 0 Å². The van der Waals surface area contributed by atoms with Crippen LogP contribution < -0.4 is 5.32 Å². The van der Waals surface area contributed by atoms with Crippen LogP contribution in [0, 0.1) is 11.8 Å². The van der Waals surface area contributed by atoms with Crippen molar-refractivity contribution in [1.29, 1.82) is 0 Å². The van der Waals surface area contributed by atoms with Crippen molar-refractivity contribution in [2.24, 2.45) is 11.8 Å². The van der Waals surface area contributed by atoms with E-state index in [-0.39, 0.29) is 0 Å². The van der Waals surface area contributed by atoms with Gasteiger partial charge in [-0.3, -0.25) is 4.90 Å². The van der Waals surface area contributed by atoms with Gasteiger partial charge in [-0.1, -0.05) is 13.0 Å². The van der Waals surface area contributed by atoms with Crippen molar-refractivity contribution in [3.05, 3.63) is 22.4 Å². The fourth-order valence-corrected chi connectivity index (χ4v) is 4.39. The van der Waals surface area contributed by atoms with Crippen molar-refractivity contribution in [3.8, 4) is 0 Å². The smallest absolute Gasteiger partial charge is 0.0469 e. The summed E-state index contributed by atoms with van der Waals surface area (Å²) in [5.41, 5.74) is 0. The summed E-state index contributed by atoms with van der Waals surface area (Å²) in [6, 6.07) is 5.26. The van der Waals surface area contributed by atoms with Crippen LogP contribution in [-0.4, -0.2) is 31.1 Å². The Morgan fingerprint density at radius 2 is 2.32 bits per heavy atom. The molecule has 2 heterocycles. The van der Waals surface area contributed by atoms with Gasteiger partial charge in [0.15, 0.2) is 0 Å². The zero-order valence-corrected chi connectivity index (χ0v) is 12.8. The Bertz CT molecular complexity index is 366. The summed E-state index contributed by atoms with van der Waals surface area (Å²) in [5.74, 6) is 1.78. The molecule has 2 unspecified atom stereocenters. The molecule has 0 aromatic carbocycles.